The predicted octanol–water partition coefficient (Wildman–Crippen LogP) is 1.90. The Balaban J connectivity index is 1.27. The molecular formula is C29H28N4O4. The highest BCUT2D eigenvalue weighted by molar-refractivity contribution is 5.99. The molecule has 0 saturated carbocycles. The van der Waals surface area contributed by atoms with Gasteiger partial charge in [-0.05, 0) is 17.2 Å². The molecule has 8 nitrogen and oxygen atoms in total. The van der Waals surface area contributed by atoms with Crippen LogP contribution in [0.25, 0.3) is 0 Å². The minimum Gasteiger partial charge on any atom is -0.381 e. The van der Waals surface area contributed by atoms with E-state index < -0.39 is 23.9 Å². The Morgan fingerprint density at radius 3 is 2.19 bits per heavy atom. The highest BCUT2D eigenvalue weighted by Gasteiger charge is 2.56. The first-order valence-corrected chi connectivity index (χ1v) is 12.5. The lowest BCUT2D eigenvalue weighted by molar-refractivity contribution is -0.139. The summed E-state index contributed by atoms with van der Waals surface area (Å²) in [6, 6.07) is 24.4. The molecule has 37 heavy (non-hydrogen) atoms. The Bertz CT molecular complexity index is 1350. The molecule has 1 unspecified atom stereocenters. The molecule has 0 bridgehead atoms. The van der Waals surface area contributed by atoms with Gasteiger partial charge in [-0.25, -0.2) is 0 Å². The van der Waals surface area contributed by atoms with E-state index in [-0.39, 0.29) is 36.6 Å². The topological polar surface area (TPSA) is 111 Å². The second-order valence-corrected chi connectivity index (χ2v) is 9.96. The molecule has 2 fully saturated rings. The molecule has 0 radical (unpaired) electrons. The summed E-state index contributed by atoms with van der Waals surface area (Å²) in [5, 5.41) is 21.3. The molecule has 8 heteroatoms. The number of fused-ring (bicyclic) bond motifs is 3. The third kappa shape index (κ3) is 4.08. The number of carbonyl (C=O) groups excluding carboxylic acids is 3. The molecule has 3 heterocycles. The van der Waals surface area contributed by atoms with E-state index >= 15 is 0 Å². The van der Waals surface area contributed by atoms with Crippen LogP contribution in [0.3, 0.4) is 0 Å². The number of nitrogens with zero attached hydrogens (tertiary/aromatic N) is 1. The largest absolute Gasteiger partial charge is 0.381 e. The summed E-state index contributed by atoms with van der Waals surface area (Å²) in [6.07, 6.45) is -0.248. The van der Waals surface area contributed by atoms with E-state index in [1.807, 2.05) is 66.7 Å². The monoisotopic (exact) mass is 496 g/mol. The summed E-state index contributed by atoms with van der Waals surface area (Å²) >= 11 is 0. The Hall–Kier alpha value is -4.01. The van der Waals surface area contributed by atoms with E-state index in [0.29, 0.717) is 17.7 Å². The fourth-order valence-electron chi connectivity index (χ4n) is 5.81. The number of carbonyl (C=O) groups is 3. The quantitative estimate of drug-likeness (QED) is 0.431. The first kappa shape index (κ1) is 23.4. The summed E-state index contributed by atoms with van der Waals surface area (Å²) in [6.45, 7) is 0. The van der Waals surface area contributed by atoms with Crippen molar-refractivity contribution in [1.29, 1.82) is 0 Å². The maximum atomic E-state index is 13.4. The molecule has 3 aromatic carbocycles. The van der Waals surface area contributed by atoms with Gasteiger partial charge in [0, 0.05) is 30.9 Å². The zero-order valence-corrected chi connectivity index (χ0v) is 20.1. The van der Waals surface area contributed by atoms with Crippen molar-refractivity contribution in [3.8, 4) is 0 Å². The Labute approximate surface area is 214 Å². The first-order valence-electron chi connectivity index (χ1n) is 12.5. The van der Waals surface area contributed by atoms with Gasteiger partial charge in [0.2, 0.25) is 17.7 Å². The minimum atomic E-state index is -1.60. The van der Waals surface area contributed by atoms with Crippen molar-refractivity contribution in [3.63, 3.8) is 0 Å². The van der Waals surface area contributed by atoms with Crippen LogP contribution in [0.4, 0.5) is 5.69 Å². The number of aliphatic hydroxyl groups is 1. The standard InChI is InChI=1S/C29H28N4O4/c34-25-16-21(19-11-5-2-6-12-19)32-28-29(37,20-13-7-8-14-24(20)33(25)28)17-23-27(36)30-22(26(35)31-23)15-18-9-3-1-4-10-18/h1-14,21-23,28,32,37H,15-17H2,(H,30,36)(H,31,35)/t21-,22-,23-,28?,29+/m0/s1. The molecule has 5 atom stereocenters. The number of rotatable bonds is 5. The van der Waals surface area contributed by atoms with E-state index in [1.54, 1.807) is 23.1 Å². The molecule has 0 aromatic heterocycles. The number of piperazine rings is 1. The van der Waals surface area contributed by atoms with Crippen LogP contribution in [0.5, 0.6) is 0 Å². The number of benzene rings is 3. The molecule has 0 spiro atoms. The van der Waals surface area contributed by atoms with Crippen molar-refractivity contribution in [2.24, 2.45) is 0 Å². The molecule has 0 aliphatic carbocycles. The van der Waals surface area contributed by atoms with Gasteiger partial charge in [0.1, 0.15) is 23.9 Å². The summed E-state index contributed by atoms with van der Waals surface area (Å²) in [7, 11) is 0. The number of amides is 3. The van der Waals surface area contributed by atoms with Crippen LogP contribution in [0.2, 0.25) is 0 Å². The molecule has 4 N–H and O–H groups in total. The lowest BCUT2D eigenvalue weighted by Gasteiger charge is -2.43. The fraction of sp³-hybridized carbons (Fsp3) is 0.276. The van der Waals surface area contributed by atoms with E-state index in [0.717, 1.165) is 11.1 Å². The Kier molecular flexibility index (Phi) is 5.78. The van der Waals surface area contributed by atoms with Gasteiger partial charge in [-0.3, -0.25) is 24.6 Å². The number of nitrogens with one attached hydrogen (secondary N) is 3. The molecule has 188 valence electrons. The molecule has 6 rings (SSSR count). The second-order valence-electron chi connectivity index (χ2n) is 9.96. The van der Waals surface area contributed by atoms with Crippen LogP contribution >= 0.6 is 0 Å². The lowest BCUT2D eigenvalue weighted by atomic mass is 9.84. The van der Waals surface area contributed by atoms with Crippen molar-refractivity contribution in [3.05, 3.63) is 102 Å². The number of hydrogen-bond donors (Lipinski definition) is 4. The van der Waals surface area contributed by atoms with Gasteiger partial charge in [0.25, 0.3) is 0 Å². The highest BCUT2D eigenvalue weighted by atomic mass is 16.3. The fourth-order valence-corrected chi connectivity index (χ4v) is 5.81. The number of hydrogen-bond acceptors (Lipinski definition) is 5. The average molecular weight is 497 g/mol. The SMILES string of the molecule is O=C1N[C@@H](C[C@@]2(O)c3ccccc3N3C(=O)C[C@@H](c4ccccc4)NC32)C(=O)N[C@H]1Cc1ccccc1. The molecule has 3 aliphatic heterocycles. The van der Waals surface area contributed by atoms with Crippen LogP contribution < -0.4 is 20.9 Å². The van der Waals surface area contributed by atoms with Gasteiger partial charge in [-0.1, -0.05) is 78.9 Å². The van der Waals surface area contributed by atoms with Crippen LogP contribution in [-0.2, 0) is 26.4 Å². The van der Waals surface area contributed by atoms with E-state index in [4.69, 9.17) is 0 Å². The van der Waals surface area contributed by atoms with Gasteiger partial charge in [0.15, 0.2) is 0 Å². The van der Waals surface area contributed by atoms with Gasteiger partial charge in [0.05, 0.1) is 5.69 Å². The maximum absolute atomic E-state index is 13.4. The van der Waals surface area contributed by atoms with Crippen molar-refractivity contribution in [2.45, 2.75) is 49.2 Å². The zero-order valence-electron chi connectivity index (χ0n) is 20.1. The molecule has 2 saturated heterocycles. The molecule has 3 amide bonds. The smallest absolute Gasteiger partial charge is 0.243 e. The van der Waals surface area contributed by atoms with Gasteiger partial charge < -0.3 is 15.7 Å². The number of para-hydroxylation sites is 1. The van der Waals surface area contributed by atoms with Crippen LogP contribution in [0.1, 0.15) is 35.6 Å². The summed E-state index contributed by atoms with van der Waals surface area (Å²) in [5.74, 6) is -0.761. The summed E-state index contributed by atoms with van der Waals surface area (Å²) in [5.41, 5.74) is 1.46. The Morgan fingerprint density at radius 2 is 1.43 bits per heavy atom. The van der Waals surface area contributed by atoms with Crippen LogP contribution in [0, 0.1) is 0 Å². The van der Waals surface area contributed by atoms with Crippen molar-refractivity contribution in [1.82, 2.24) is 16.0 Å². The molecule has 3 aliphatic rings. The van der Waals surface area contributed by atoms with Gasteiger partial charge >= 0.3 is 0 Å². The molecular weight excluding hydrogens is 468 g/mol. The second kappa shape index (κ2) is 9.14. The first-order chi connectivity index (χ1) is 17.9. The minimum absolute atomic E-state index is 0.0808. The van der Waals surface area contributed by atoms with Crippen molar-refractivity contribution >= 4 is 23.4 Å². The Morgan fingerprint density at radius 1 is 0.811 bits per heavy atom. The summed E-state index contributed by atoms with van der Waals surface area (Å²) in [4.78, 5) is 41.1. The lowest BCUT2D eigenvalue weighted by Crippen LogP contribution is -2.66. The van der Waals surface area contributed by atoms with Crippen LogP contribution in [-0.4, -0.2) is 41.1 Å². The highest BCUT2D eigenvalue weighted by Crippen LogP contribution is 2.48. The molecule has 3 aromatic rings. The normalized spacial score (nSPS) is 28.8. The average Bonchev–Trinajstić information content (AvgIpc) is 3.17. The van der Waals surface area contributed by atoms with E-state index in [9.17, 15) is 19.5 Å². The van der Waals surface area contributed by atoms with E-state index in [1.165, 1.54) is 0 Å². The predicted molar refractivity (Wildman–Crippen MR) is 137 cm³/mol. The number of anilines is 1. The third-order valence-electron chi connectivity index (χ3n) is 7.61. The van der Waals surface area contributed by atoms with Gasteiger partial charge in [-0.2, -0.15) is 0 Å². The van der Waals surface area contributed by atoms with Crippen molar-refractivity contribution in [2.75, 3.05) is 4.90 Å². The van der Waals surface area contributed by atoms with E-state index in [2.05, 4.69) is 16.0 Å². The van der Waals surface area contributed by atoms with Crippen LogP contribution in [0.15, 0.2) is 84.9 Å². The van der Waals surface area contributed by atoms with Gasteiger partial charge in [-0.15, -0.1) is 0 Å². The summed E-state index contributed by atoms with van der Waals surface area (Å²) < 4.78 is 0. The zero-order chi connectivity index (χ0) is 25.6. The maximum Gasteiger partial charge on any atom is 0.243 e. The third-order valence-corrected chi connectivity index (χ3v) is 7.61. The van der Waals surface area contributed by atoms with Crippen molar-refractivity contribution < 1.29 is 19.5 Å².